The van der Waals surface area contributed by atoms with Gasteiger partial charge in [-0.2, -0.15) is 5.26 Å². The van der Waals surface area contributed by atoms with E-state index in [1.165, 1.54) is 12.1 Å². The predicted molar refractivity (Wildman–Crippen MR) is 111 cm³/mol. The number of hydrogen-bond acceptors (Lipinski definition) is 3. The molecule has 0 N–H and O–H groups in total. The summed E-state index contributed by atoms with van der Waals surface area (Å²) >= 11 is 0. The van der Waals surface area contributed by atoms with Crippen molar-refractivity contribution in [1.82, 2.24) is 9.55 Å². The number of allylic oxidation sites excluding steroid dienone is 1. The molecule has 0 saturated heterocycles. The van der Waals surface area contributed by atoms with Crippen LogP contribution in [0.3, 0.4) is 0 Å². The number of nitrogens with zero attached hydrogens (tertiary/aromatic N) is 3. The van der Waals surface area contributed by atoms with E-state index in [0.717, 1.165) is 22.2 Å². The Balaban J connectivity index is 1.59. The van der Waals surface area contributed by atoms with Crippen molar-refractivity contribution in [2.24, 2.45) is 7.05 Å². The van der Waals surface area contributed by atoms with Gasteiger partial charge in [0.05, 0.1) is 16.6 Å². The maximum Gasteiger partial charge on any atom is 0.151 e. The Labute approximate surface area is 168 Å². The van der Waals surface area contributed by atoms with Crippen molar-refractivity contribution in [3.8, 4) is 11.8 Å². The molecule has 1 aromatic heterocycles. The molecule has 4 aromatic rings. The SMILES string of the molecule is Cn1c(/C(C#N)=C/c2cccc(OCc3ccc(F)cc3)c2)nc2ccccc21. The number of nitriles is 1. The van der Waals surface area contributed by atoms with Crippen LogP contribution in [-0.4, -0.2) is 9.55 Å². The molecule has 0 bridgehead atoms. The van der Waals surface area contributed by atoms with Crippen molar-refractivity contribution in [3.05, 3.63) is 95.6 Å². The first-order valence-electron chi connectivity index (χ1n) is 9.15. The molecule has 0 aliphatic heterocycles. The molecular weight excluding hydrogens is 365 g/mol. The van der Waals surface area contributed by atoms with Crippen LogP contribution in [0.15, 0.2) is 72.8 Å². The Bertz CT molecular complexity index is 1230. The molecule has 142 valence electrons. The highest BCUT2D eigenvalue weighted by molar-refractivity contribution is 5.90. The number of fused-ring (bicyclic) bond motifs is 1. The molecule has 0 spiro atoms. The molecule has 0 aliphatic carbocycles. The van der Waals surface area contributed by atoms with Crippen molar-refractivity contribution in [2.75, 3.05) is 0 Å². The minimum Gasteiger partial charge on any atom is -0.489 e. The third-order valence-corrected chi connectivity index (χ3v) is 4.64. The van der Waals surface area contributed by atoms with E-state index in [9.17, 15) is 9.65 Å². The summed E-state index contributed by atoms with van der Waals surface area (Å²) in [6.07, 6.45) is 1.80. The van der Waals surface area contributed by atoms with Gasteiger partial charge >= 0.3 is 0 Å². The summed E-state index contributed by atoms with van der Waals surface area (Å²) < 4.78 is 20.7. The van der Waals surface area contributed by atoms with Crippen LogP contribution in [0.2, 0.25) is 0 Å². The summed E-state index contributed by atoms with van der Waals surface area (Å²) in [5.41, 5.74) is 4.01. The van der Waals surface area contributed by atoms with Gasteiger partial charge in [-0.3, -0.25) is 0 Å². The van der Waals surface area contributed by atoms with E-state index < -0.39 is 0 Å². The lowest BCUT2D eigenvalue weighted by molar-refractivity contribution is 0.306. The average Bonchev–Trinajstić information content (AvgIpc) is 3.08. The minimum atomic E-state index is -0.271. The molecule has 29 heavy (non-hydrogen) atoms. The molecule has 4 nitrogen and oxygen atoms in total. The number of halogens is 1. The topological polar surface area (TPSA) is 50.8 Å². The number of rotatable bonds is 5. The van der Waals surface area contributed by atoms with Crippen LogP contribution in [0, 0.1) is 17.1 Å². The number of para-hydroxylation sites is 2. The third kappa shape index (κ3) is 4.02. The van der Waals surface area contributed by atoms with E-state index in [1.54, 1.807) is 18.2 Å². The minimum absolute atomic E-state index is 0.271. The number of benzene rings is 3. The molecule has 4 rings (SSSR count). The van der Waals surface area contributed by atoms with Crippen molar-refractivity contribution in [3.63, 3.8) is 0 Å². The Morgan fingerprint density at radius 1 is 1.10 bits per heavy atom. The highest BCUT2D eigenvalue weighted by atomic mass is 19.1. The molecule has 0 aliphatic rings. The summed E-state index contributed by atoms with van der Waals surface area (Å²) in [4.78, 5) is 4.60. The predicted octanol–water partition coefficient (Wildman–Crippen LogP) is 5.36. The summed E-state index contributed by atoms with van der Waals surface area (Å²) in [6, 6.07) is 23.7. The maximum atomic E-state index is 13.0. The second kappa shape index (κ2) is 7.99. The summed E-state index contributed by atoms with van der Waals surface area (Å²) in [6.45, 7) is 0.337. The van der Waals surface area contributed by atoms with Gasteiger partial charge in [0.15, 0.2) is 5.82 Å². The maximum absolute atomic E-state index is 13.0. The molecule has 0 atom stereocenters. The largest absolute Gasteiger partial charge is 0.489 e. The molecule has 0 saturated carbocycles. The van der Waals surface area contributed by atoms with Gasteiger partial charge in [0.1, 0.15) is 24.2 Å². The second-order valence-electron chi connectivity index (χ2n) is 6.64. The first kappa shape index (κ1) is 18.5. The fourth-order valence-corrected chi connectivity index (χ4v) is 3.14. The van der Waals surface area contributed by atoms with Gasteiger partial charge in [-0.25, -0.2) is 9.37 Å². The lowest BCUT2D eigenvalue weighted by Crippen LogP contribution is -1.97. The molecule has 0 radical (unpaired) electrons. The fourth-order valence-electron chi connectivity index (χ4n) is 3.14. The molecule has 1 heterocycles. The Morgan fingerprint density at radius 3 is 2.66 bits per heavy atom. The number of aryl methyl sites for hydroxylation is 1. The van der Waals surface area contributed by atoms with Crippen LogP contribution >= 0.6 is 0 Å². The third-order valence-electron chi connectivity index (χ3n) is 4.64. The van der Waals surface area contributed by atoms with Crippen LogP contribution in [0.5, 0.6) is 5.75 Å². The zero-order valence-electron chi connectivity index (χ0n) is 15.8. The van der Waals surface area contributed by atoms with Crippen LogP contribution in [-0.2, 0) is 13.7 Å². The molecule has 0 amide bonds. The van der Waals surface area contributed by atoms with Crippen LogP contribution < -0.4 is 4.74 Å². The summed E-state index contributed by atoms with van der Waals surface area (Å²) in [5.74, 6) is 1.02. The fraction of sp³-hybridized carbons (Fsp3) is 0.0833. The number of hydrogen-bond donors (Lipinski definition) is 0. The summed E-state index contributed by atoms with van der Waals surface area (Å²) in [5, 5.41) is 9.70. The van der Waals surface area contributed by atoms with Crippen molar-refractivity contribution < 1.29 is 9.13 Å². The molecule has 0 unspecified atom stereocenters. The Kier molecular flexibility index (Phi) is 5.08. The van der Waals surface area contributed by atoms with E-state index in [-0.39, 0.29) is 5.82 Å². The van der Waals surface area contributed by atoms with Gasteiger partial charge in [-0.1, -0.05) is 36.4 Å². The Morgan fingerprint density at radius 2 is 1.90 bits per heavy atom. The normalized spacial score (nSPS) is 11.4. The number of imidazole rings is 1. The highest BCUT2D eigenvalue weighted by Gasteiger charge is 2.12. The van der Waals surface area contributed by atoms with Gasteiger partial charge in [0.25, 0.3) is 0 Å². The van der Waals surface area contributed by atoms with Crippen molar-refractivity contribution >= 4 is 22.7 Å². The van der Waals surface area contributed by atoms with E-state index >= 15 is 0 Å². The summed E-state index contributed by atoms with van der Waals surface area (Å²) in [7, 11) is 1.90. The Hall–Kier alpha value is -3.91. The monoisotopic (exact) mass is 383 g/mol. The van der Waals surface area contributed by atoms with Crippen molar-refractivity contribution in [1.29, 1.82) is 5.26 Å². The number of aromatic nitrogens is 2. The highest BCUT2D eigenvalue weighted by Crippen LogP contribution is 2.23. The second-order valence-corrected chi connectivity index (χ2v) is 6.64. The zero-order chi connectivity index (χ0) is 20.2. The standard InChI is InChI=1S/C24H18FN3O/c1-28-23-8-3-2-7-22(23)27-24(28)19(15-26)13-18-5-4-6-21(14-18)29-16-17-9-11-20(25)12-10-17/h2-14H,16H2,1H3/b19-13+. The molecule has 0 fully saturated rings. The first-order chi connectivity index (χ1) is 14.1. The molecule has 3 aromatic carbocycles. The van der Waals surface area contributed by atoms with Gasteiger partial charge < -0.3 is 9.30 Å². The zero-order valence-corrected chi connectivity index (χ0v) is 15.8. The lowest BCUT2D eigenvalue weighted by Gasteiger charge is -2.07. The first-order valence-corrected chi connectivity index (χ1v) is 9.15. The van der Waals surface area contributed by atoms with Gasteiger partial charge in [-0.05, 0) is 53.6 Å². The van der Waals surface area contributed by atoms with E-state index in [0.29, 0.717) is 23.8 Å². The van der Waals surface area contributed by atoms with Crippen LogP contribution in [0.4, 0.5) is 4.39 Å². The quantitative estimate of drug-likeness (QED) is 0.436. The smallest absolute Gasteiger partial charge is 0.151 e. The van der Waals surface area contributed by atoms with Gasteiger partial charge in [0, 0.05) is 7.05 Å². The van der Waals surface area contributed by atoms with E-state index in [1.807, 2.05) is 60.1 Å². The van der Waals surface area contributed by atoms with E-state index in [4.69, 9.17) is 4.74 Å². The molecular formula is C24H18FN3O. The van der Waals surface area contributed by atoms with E-state index in [2.05, 4.69) is 11.1 Å². The van der Waals surface area contributed by atoms with Crippen molar-refractivity contribution in [2.45, 2.75) is 6.61 Å². The molecule has 5 heteroatoms. The lowest BCUT2D eigenvalue weighted by atomic mass is 10.1. The van der Waals surface area contributed by atoms with Gasteiger partial charge in [0.2, 0.25) is 0 Å². The van der Waals surface area contributed by atoms with Gasteiger partial charge in [-0.15, -0.1) is 0 Å². The average molecular weight is 383 g/mol. The van der Waals surface area contributed by atoms with Crippen LogP contribution in [0.25, 0.3) is 22.7 Å². The number of ether oxygens (including phenoxy) is 1. The van der Waals surface area contributed by atoms with Crippen LogP contribution in [0.1, 0.15) is 17.0 Å².